The van der Waals surface area contributed by atoms with Gasteiger partial charge in [-0.05, 0) is 76.0 Å². The van der Waals surface area contributed by atoms with Crippen LogP contribution in [-0.2, 0) is 0 Å². The molecule has 4 N–H and O–H groups in total. The summed E-state index contributed by atoms with van der Waals surface area (Å²) < 4.78 is 7.00. The van der Waals surface area contributed by atoms with Crippen LogP contribution in [0.1, 0.15) is 29.8 Å². The number of oxime groups is 1. The molecule has 9 heteroatoms. The summed E-state index contributed by atoms with van der Waals surface area (Å²) in [4.78, 5) is 14.2. The quantitative estimate of drug-likeness (QED) is 0.237. The Kier molecular flexibility index (Phi) is 7.09. The third kappa shape index (κ3) is 4.72. The first-order valence-electron chi connectivity index (χ1n) is 8.09. The van der Waals surface area contributed by atoms with Gasteiger partial charge in [0.2, 0.25) is 0 Å². The van der Waals surface area contributed by atoms with Crippen LogP contribution < -0.4 is 10.5 Å². The van der Waals surface area contributed by atoms with Crippen molar-refractivity contribution in [3.05, 3.63) is 50.4 Å². The molecule has 0 unspecified atom stereocenters. The number of halogens is 2. The van der Waals surface area contributed by atoms with E-state index in [1.807, 2.05) is 13.8 Å². The Bertz CT molecular complexity index is 860. The summed E-state index contributed by atoms with van der Waals surface area (Å²) in [6.45, 7) is 4.81. The van der Waals surface area contributed by atoms with Crippen molar-refractivity contribution in [2.45, 2.75) is 13.8 Å². The molecule has 2 aromatic rings. The summed E-state index contributed by atoms with van der Waals surface area (Å²) in [5.74, 6) is 0.389. The van der Waals surface area contributed by atoms with E-state index in [1.54, 1.807) is 23.1 Å². The zero-order valence-electron chi connectivity index (χ0n) is 14.7. The molecule has 2 rings (SSSR count). The number of amides is 1. The van der Waals surface area contributed by atoms with Crippen molar-refractivity contribution < 1.29 is 19.8 Å². The molecule has 0 aromatic heterocycles. The van der Waals surface area contributed by atoms with Gasteiger partial charge in [0.1, 0.15) is 11.5 Å². The highest BCUT2D eigenvalue weighted by atomic mass is 79.9. The number of phenolic OH excluding ortho intramolecular Hbond substituents is 1. The highest BCUT2D eigenvalue weighted by Gasteiger charge is 2.19. The molecule has 0 aliphatic carbocycles. The van der Waals surface area contributed by atoms with Crippen molar-refractivity contribution in [2.24, 2.45) is 10.9 Å². The third-order valence-electron chi connectivity index (χ3n) is 3.87. The number of rotatable bonds is 6. The maximum absolute atomic E-state index is 12.6. The van der Waals surface area contributed by atoms with Crippen LogP contribution in [-0.4, -0.2) is 40.0 Å². The van der Waals surface area contributed by atoms with Crippen LogP contribution in [0.2, 0.25) is 0 Å². The third-order valence-corrected chi connectivity index (χ3v) is 5.05. The number of carbonyl (C=O) groups is 1. The van der Waals surface area contributed by atoms with Crippen molar-refractivity contribution in [3.63, 3.8) is 0 Å². The molecule has 0 spiro atoms. The highest BCUT2D eigenvalue weighted by Crippen LogP contribution is 2.38. The van der Waals surface area contributed by atoms with Crippen molar-refractivity contribution in [3.8, 4) is 17.2 Å². The molecule has 0 atom stereocenters. The smallest absolute Gasteiger partial charge is 0.257 e. The van der Waals surface area contributed by atoms with E-state index in [9.17, 15) is 9.90 Å². The topological polar surface area (TPSA) is 108 Å². The number of benzene rings is 2. The summed E-state index contributed by atoms with van der Waals surface area (Å²) in [5.41, 5.74) is 6.26. The number of ether oxygens (including phenoxy) is 1. The fourth-order valence-electron chi connectivity index (χ4n) is 2.41. The van der Waals surface area contributed by atoms with E-state index >= 15 is 0 Å². The lowest BCUT2D eigenvalue weighted by Gasteiger charge is -2.20. The predicted molar refractivity (Wildman–Crippen MR) is 110 cm³/mol. The fraction of sp³-hybridized carbons (Fsp3) is 0.222. The maximum Gasteiger partial charge on any atom is 0.257 e. The summed E-state index contributed by atoms with van der Waals surface area (Å²) in [7, 11) is 0. The zero-order valence-corrected chi connectivity index (χ0v) is 17.9. The first-order valence-corrected chi connectivity index (χ1v) is 9.68. The second-order valence-corrected chi connectivity index (χ2v) is 7.22. The van der Waals surface area contributed by atoms with Gasteiger partial charge in [-0.25, -0.2) is 0 Å². The lowest BCUT2D eigenvalue weighted by Crippen LogP contribution is -2.30. The number of aromatic hydroxyl groups is 1. The maximum atomic E-state index is 12.6. The minimum Gasteiger partial charge on any atom is -0.507 e. The largest absolute Gasteiger partial charge is 0.507 e. The number of amidine groups is 1. The minimum atomic E-state index is -0.275. The van der Waals surface area contributed by atoms with Gasteiger partial charge in [0.05, 0.1) is 14.5 Å². The minimum absolute atomic E-state index is 0.0420. The van der Waals surface area contributed by atoms with Crippen molar-refractivity contribution in [2.75, 3.05) is 13.1 Å². The molecular weight excluding hydrogens is 482 g/mol. The van der Waals surface area contributed by atoms with Crippen molar-refractivity contribution >= 4 is 43.6 Å². The summed E-state index contributed by atoms with van der Waals surface area (Å²) in [6.07, 6.45) is 0. The number of carbonyl (C=O) groups excluding carboxylic acids is 1. The lowest BCUT2D eigenvalue weighted by atomic mass is 10.1. The fourth-order valence-corrected chi connectivity index (χ4v) is 3.76. The van der Waals surface area contributed by atoms with Gasteiger partial charge in [0.25, 0.3) is 5.91 Å². The number of hydrogen-bond donors (Lipinski definition) is 3. The number of nitrogens with zero attached hydrogens (tertiary/aromatic N) is 2. The number of nitrogens with two attached hydrogens (primary N) is 1. The van der Waals surface area contributed by atoms with E-state index in [0.717, 1.165) is 0 Å². The SMILES string of the molecule is CCN(CC)C(=O)c1cc(Oc2c(Br)cc(/C(N)=N/O)cc2Br)ccc1O. The van der Waals surface area contributed by atoms with E-state index in [1.165, 1.54) is 12.1 Å². The zero-order chi connectivity index (χ0) is 20.1. The van der Waals surface area contributed by atoms with Gasteiger partial charge in [-0.2, -0.15) is 0 Å². The molecule has 0 radical (unpaired) electrons. The first-order chi connectivity index (χ1) is 12.8. The van der Waals surface area contributed by atoms with E-state index in [4.69, 9.17) is 15.7 Å². The molecule has 0 heterocycles. The van der Waals surface area contributed by atoms with E-state index < -0.39 is 0 Å². The van der Waals surface area contributed by atoms with Gasteiger partial charge in [-0.15, -0.1) is 0 Å². The van der Waals surface area contributed by atoms with Crippen LogP contribution in [0.25, 0.3) is 0 Å². The molecule has 0 aliphatic rings. The Morgan fingerprint density at radius 3 is 2.30 bits per heavy atom. The van der Waals surface area contributed by atoms with E-state index in [2.05, 4.69) is 37.0 Å². The molecule has 1 amide bonds. The van der Waals surface area contributed by atoms with Gasteiger partial charge < -0.3 is 25.7 Å². The van der Waals surface area contributed by atoms with Gasteiger partial charge in [-0.1, -0.05) is 5.16 Å². The summed E-state index contributed by atoms with van der Waals surface area (Å²) in [6, 6.07) is 7.74. The van der Waals surface area contributed by atoms with Crippen LogP contribution in [0.3, 0.4) is 0 Å². The lowest BCUT2D eigenvalue weighted by molar-refractivity contribution is 0.0769. The monoisotopic (exact) mass is 499 g/mol. The predicted octanol–water partition coefficient (Wildman–Crippen LogP) is 4.29. The Morgan fingerprint density at radius 1 is 1.19 bits per heavy atom. The Balaban J connectivity index is 2.39. The molecule has 27 heavy (non-hydrogen) atoms. The number of hydrogen-bond acceptors (Lipinski definition) is 5. The van der Waals surface area contributed by atoms with Gasteiger partial charge in [-0.3, -0.25) is 4.79 Å². The van der Waals surface area contributed by atoms with Crippen molar-refractivity contribution in [1.29, 1.82) is 0 Å². The Morgan fingerprint density at radius 2 is 1.78 bits per heavy atom. The molecule has 0 saturated heterocycles. The number of phenols is 1. The molecule has 0 aliphatic heterocycles. The Labute approximate surface area is 173 Å². The average molecular weight is 501 g/mol. The van der Waals surface area contributed by atoms with E-state index in [-0.39, 0.29) is 23.1 Å². The normalized spacial score (nSPS) is 11.3. The second kappa shape index (κ2) is 9.09. The van der Waals surface area contributed by atoms with Crippen LogP contribution in [0.15, 0.2) is 44.4 Å². The molecule has 7 nitrogen and oxygen atoms in total. The average Bonchev–Trinajstić information content (AvgIpc) is 2.65. The second-order valence-electron chi connectivity index (χ2n) is 5.51. The molecule has 2 aromatic carbocycles. The van der Waals surface area contributed by atoms with Gasteiger partial charge in [0.15, 0.2) is 11.6 Å². The van der Waals surface area contributed by atoms with Crippen LogP contribution >= 0.6 is 31.9 Å². The van der Waals surface area contributed by atoms with E-state index in [0.29, 0.717) is 39.1 Å². The standard InChI is InChI=1S/C18H19Br2N3O4/c1-3-23(4-2)18(25)12-9-11(5-6-15(12)24)27-16-13(19)7-10(8-14(16)20)17(21)22-26/h5-9,24,26H,3-4H2,1-2H3,(H2,21,22). The van der Waals surface area contributed by atoms with Crippen molar-refractivity contribution in [1.82, 2.24) is 4.90 Å². The summed E-state index contributed by atoms with van der Waals surface area (Å²) >= 11 is 6.78. The molecular formula is C18H19Br2N3O4. The summed E-state index contributed by atoms with van der Waals surface area (Å²) in [5, 5.41) is 21.9. The molecule has 144 valence electrons. The molecule has 0 saturated carbocycles. The van der Waals surface area contributed by atoms with Gasteiger partial charge in [0, 0.05) is 18.7 Å². The highest BCUT2D eigenvalue weighted by molar-refractivity contribution is 9.11. The van der Waals surface area contributed by atoms with Crippen LogP contribution in [0.4, 0.5) is 0 Å². The van der Waals surface area contributed by atoms with Crippen LogP contribution in [0, 0.1) is 0 Å². The molecule has 0 bridgehead atoms. The first kappa shape index (κ1) is 21.0. The van der Waals surface area contributed by atoms with Crippen LogP contribution in [0.5, 0.6) is 17.2 Å². The van der Waals surface area contributed by atoms with Gasteiger partial charge >= 0.3 is 0 Å². The molecule has 0 fully saturated rings. The Hall–Kier alpha value is -2.26.